The average Bonchev–Trinajstić information content (AvgIpc) is 2.89. The van der Waals surface area contributed by atoms with Gasteiger partial charge < -0.3 is 5.73 Å². The summed E-state index contributed by atoms with van der Waals surface area (Å²) in [5.74, 6) is 0. The molecule has 130 valence electrons. The van der Waals surface area contributed by atoms with E-state index < -0.39 is 11.7 Å². The highest BCUT2D eigenvalue weighted by atomic mass is 32.1. The van der Waals surface area contributed by atoms with E-state index >= 15 is 0 Å². The number of halogens is 3. The van der Waals surface area contributed by atoms with E-state index in [4.69, 9.17) is 5.73 Å². The summed E-state index contributed by atoms with van der Waals surface area (Å²) < 4.78 is 38.9. The Morgan fingerprint density at radius 1 is 1.33 bits per heavy atom. The summed E-state index contributed by atoms with van der Waals surface area (Å²) in [5.41, 5.74) is 6.22. The van der Waals surface area contributed by atoms with Crippen molar-refractivity contribution in [2.24, 2.45) is 0 Å². The van der Waals surface area contributed by atoms with Gasteiger partial charge in [-0.2, -0.15) is 13.2 Å². The quantitative estimate of drug-likeness (QED) is 0.861. The van der Waals surface area contributed by atoms with Gasteiger partial charge in [-0.05, 0) is 38.4 Å². The average molecular weight is 355 g/mol. The molecule has 3 rings (SSSR count). The maximum absolute atomic E-state index is 13.0. The van der Waals surface area contributed by atoms with E-state index in [1.807, 2.05) is 0 Å². The number of benzene rings is 1. The summed E-state index contributed by atoms with van der Waals surface area (Å²) in [6.45, 7) is 3.87. The van der Waals surface area contributed by atoms with Gasteiger partial charge in [-0.3, -0.25) is 4.90 Å². The molecule has 2 aromatic rings. The number of hydrogen-bond acceptors (Lipinski definition) is 4. The first-order valence-corrected chi connectivity index (χ1v) is 8.83. The molecular weight excluding hydrogens is 335 g/mol. The van der Waals surface area contributed by atoms with Crippen molar-refractivity contribution < 1.29 is 13.2 Å². The molecule has 1 aromatic heterocycles. The molecule has 0 aliphatic carbocycles. The summed E-state index contributed by atoms with van der Waals surface area (Å²) in [4.78, 5) is 7.58. The maximum Gasteiger partial charge on any atom is 0.416 e. The molecule has 3 nitrogen and oxygen atoms in total. The zero-order valence-corrected chi connectivity index (χ0v) is 14.3. The van der Waals surface area contributed by atoms with E-state index in [1.54, 1.807) is 6.07 Å². The number of alkyl halides is 3. The van der Waals surface area contributed by atoms with Gasteiger partial charge in [0, 0.05) is 23.0 Å². The molecule has 1 atom stereocenters. The van der Waals surface area contributed by atoms with Crippen molar-refractivity contribution >= 4 is 16.5 Å². The Morgan fingerprint density at radius 2 is 2.12 bits per heavy atom. The molecule has 1 unspecified atom stereocenters. The highest BCUT2D eigenvalue weighted by Crippen LogP contribution is 2.36. The van der Waals surface area contributed by atoms with Crippen molar-refractivity contribution in [3.05, 3.63) is 34.7 Å². The molecule has 0 amide bonds. The molecule has 1 aliphatic rings. The van der Waals surface area contributed by atoms with Crippen LogP contribution in [0.5, 0.6) is 0 Å². The van der Waals surface area contributed by atoms with E-state index in [2.05, 4.69) is 16.8 Å². The fraction of sp³-hybridized carbons (Fsp3) is 0.471. The third kappa shape index (κ3) is 3.72. The van der Waals surface area contributed by atoms with Crippen LogP contribution in [0.15, 0.2) is 24.3 Å². The molecule has 2 N–H and O–H groups in total. The lowest BCUT2D eigenvalue weighted by Gasteiger charge is -2.33. The topological polar surface area (TPSA) is 42.1 Å². The van der Waals surface area contributed by atoms with E-state index in [9.17, 15) is 13.2 Å². The zero-order chi connectivity index (χ0) is 17.3. The van der Waals surface area contributed by atoms with Crippen molar-refractivity contribution in [3.8, 4) is 11.3 Å². The van der Waals surface area contributed by atoms with Gasteiger partial charge in [0.2, 0.25) is 0 Å². The summed E-state index contributed by atoms with van der Waals surface area (Å²) in [6, 6.07) is 5.77. The van der Waals surface area contributed by atoms with Gasteiger partial charge in [0.1, 0.15) is 0 Å². The third-order valence-electron chi connectivity index (χ3n) is 4.46. The maximum atomic E-state index is 13.0. The van der Waals surface area contributed by atoms with Crippen LogP contribution in [0.25, 0.3) is 11.3 Å². The fourth-order valence-electron chi connectivity index (χ4n) is 3.12. The van der Waals surface area contributed by atoms with E-state index in [-0.39, 0.29) is 0 Å². The van der Waals surface area contributed by atoms with Crippen molar-refractivity contribution in [3.63, 3.8) is 0 Å². The Balaban J connectivity index is 1.92. The lowest BCUT2D eigenvalue weighted by molar-refractivity contribution is -0.137. The van der Waals surface area contributed by atoms with Crippen LogP contribution in [0.3, 0.4) is 0 Å². The number of nitrogen functional groups attached to an aromatic ring is 1. The second kappa shape index (κ2) is 6.72. The number of aromatic nitrogens is 1. The van der Waals surface area contributed by atoms with Crippen LogP contribution in [0.4, 0.5) is 18.3 Å². The molecule has 0 spiro atoms. The number of rotatable bonds is 3. The number of thiazole rings is 1. The van der Waals surface area contributed by atoms with Crippen LogP contribution < -0.4 is 5.73 Å². The Labute approximate surface area is 143 Å². The lowest BCUT2D eigenvalue weighted by atomic mass is 10.0. The second-order valence-corrected chi connectivity index (χ2v) is 7.33. The Hall–Kier alpha value is -1.60. The molecule has 0 saturated carbocycles. The third-order valence-corrected chi connectivity index (χ3v) is 5.33. The van der Waals surface area contributed by atoms with Gasteiger partial charge in [0.15, 0.2) is 5.13 Å². The molecule has 1 aliphatic heterocycles. The first-order valence-electron chi connectivity index (χ1n) is 8.01. The molecule has 0 bridgehead atoms. The van der Waals surface area contributed by atoms with Gasteiger partial charge >= 0.3 is 6.18 Å². The van der Waals surface area contributed by atoms with Crippen LogP contribution in [0.2, 0.25) is 0 Å². The Morgan fingerprint density at radius 3 is 2.83 bits per heavy atom. The van der Waals surface area contributed by atoms with Crippen LogP contribution in [-0.4, -0.2) is 22.5 Å². The van der Waals surface area contributed by atoms with Crippen LogP contribution >= 0.6 is 11.3 Å². The van der Waals surface area contributed by atoms with Gasteiger partial charge in [0.05, 0.1) is 11.3 Å². The lowest BCUT2D eigenvalue weighted by Crippen LogP contribution is -2.36. The summed E-state index contributed by atoms with van der Waals surface area (Å²) in [5, 5.41) is 0.391. The van der Waals surface area contributed by atoms with Crippen LogP contribution in [0, 0.1) is 0 Å². The van der Waals surface area contributed by atoms with Gasteiger partial charge in [-0.1, -0.05) is 18.6 Å². The standard InChI is InChI=1S/C17H20F3N3S/c1-11-5-2-3-8-23(11)10-14-15(22-16(21)24-14)12-6-4-7-13(9-12)17(18,19)20/h4,6-7,9,11H,2-3,5,8,10H2,1H3,(H2,21,22). The van der Waals surface area contributed by atoms with Gasteiger partial charge in [-0.25, -0.2) is 4.98 Å². The summed E-state index contributed by atoms with van der Waals surface area (Å²) in [7, 11) is 0. The van der Waals surface area contributed by atoms with Crippen molar-refractivity contribution in [2.45, 2.75) is 44.9 Å². The molecule has 24 heavy (non-hydrogen) atoms. The van der Waals surface area contributed by atoms with E-state index in [0.717, 1.165) is 36.4 Å². The molecule has 2 heterocycles. The largest absolute Gasteiger partial charge is 0.416 e. The molecule has 1 fully saturated rings. The molecule has 7 heteroatoms. The number of likely N-dealkylation sites (tertiary alicyclic amines) is 1. The van der Waals surface area contributed by atoms with Crippen LogP contribution in [0.1, 0.15) is 36.6 Å². The number of hydrogen-bond donors (Lipinski definition) is 1. The van der Waals surface area contributed by atoms with E-state index in [1.165, 1.54) is 23.8 Å². The number of piperidine rings is 1. The highest BCUT2D eigenvalue weighted by Gasteiger charge is 2.31. The number of nitrogens with zero attached hydrogens (tertiary/aromatic N) is 2. The van der Waals surface area contributed by atoms with Gasteiger partial charge in [0.25, 0.3) is 0 Å². The summed E-state index contributed by atoms with van der Waals surface area (Å²) >= 11 is 1.36. The predicted molar refractivity (Wildman–Crippen MR) is 90.7 cm³/mol. The minimum atomic E-state index is -4.36. The molecular formula is C17H20F3N3S. The SMILES string of the molecule is CC1CCCCN1Cc1sc(N)nc1-c1cccc(C(F)(F)F)c1. The molecule has 0 radical (unpaired) electrons. The van der Waals surface area contributed by atoms with E-state index in [0.29, 0.717) is 29.0 Å². The fourth-order valence-corrected chi connectivity index (χ4v) is 4.00. The monoisotopic (exact) mass is 355 g/mol. The van der Waals surface area contributed by atoms with Crippen molar-refractivity contribution in [2.75, 3.05) is 12.3 Å². The second-order valence-electron chi connectivity index (χ2n) is 6.22. The molecule has 1 aromatic carbocycles. The first-order chi connectivity index (χ1) is 11.3. The highest BCUT2D eigenvalue weighted by molar-refractivity contribution is 7.15. The van der Waals surface area contributed by atoms with Crippen LogP contribution in [-0.2, 0) is 12.7 Å². The zero-order valence-electron chi connectivity index (χ0n) is 13.4. The number of anilines is 1. The molecule has 1 saturated heterocycles. The van der Waals surface area contributed by atoms with Gasteiger partial charge in [-0.15, -0.1) is 11.3 Å². The summed E-state index contributed by atoms with van der Waals surface area (Å²) in [6.07, 6.45) is -0.840. The first kappa shape index (κ1) is 17.2. The Kier molecular flexibility index (Phi) is 4.83. The predicted octanol–water partition coefficient (Wildman–Crippen LogP) is 4.79. The minimum Gasteiger partial charge on any atom is -0.375 e. The van der Waals surface area contributed by atoms with Crippen molar-refractivity contribution in [1.29, 1.82) is 0 Å². The normalized spacial score (nSPS) is 19.6. The van der Waals surface area contributed by atoms with Crippen molar-refractivity contribution in [1.82, 2.24) is 9.88 Å². The Bertz CT molecular complexity index is 711. The smallest absolute Gasteiger partial charge is 0.375 e. The number of nitrogens with two attached hydrogens (primary N) is 1. The minimum absolute atomic E-state index is 0.391.